The van der Waals surface area contributed by atoms with Gasteiger partial charge in [0.25, 0.3) is 0 Å². The van der Waals surface area contributed by atoms with E-state index in [1.165, 1.54) is 5.69 Å². The molecule has 146 valence electrons. The van der Waals surface area contributed by atoms with Crippen LogP contribution in [0.1, 0.15) is 5.89 Å². The van der Waals surface area contributed by atoms with Crippen molar-refractivity contribution >= 4 is 28.9 Å². The molecule has 8 heteroatoms. The van der Waals surface area contributed by atoms with Crippen molar-refractivity contribution in [2.24, 2.45) is 0 Å². The predicted octanol–water partition coefficient (Wildman–Crippen LogP) is 4.37. The quantitative estimate of drug-likeness (QED) is 0.612. The second kappa shape index (κ2) is 8.39. The molecule has 3 aromatic rings. The van der Waals surface area contributed by atoms with Gasteiger partial charge in [0, 0.05) is 36.9 Å². The molecule has 0 atom stereocenters. The monoisotopic (exact) mass is 418 g/mol. The Labute approximate surface area is 173 Å². The van der Waals surface area contributed by atoms with Crippen LogP contribution in [-0.2, 0) is 6.54 Å². The van der Waals surface area contributed by atoms with Crippen molar-refractivity contribution in [3.8, 4) is 17.2 Å². The minimum Gasteiger partial charge on any atom is -0.497 e. The first-order chi connectivity index (χ1) is 13.6. The number of rotatable bonds is 5. The molecule has 1 saturated heterocycles. The third-order valence-corrected chi connectivity index (χ3v) is 5.34. The van der Waals surface area contributed by atoms with E-state index in [0.29, 0.717) is 33.9 Å². The summed E-state index contributed by atoms with van der Waals surface area (Å²) < 4.78 is 11.0. The van der Waals surface area contributed by atoms with Gasteiger partial charge < -0.3 is 14.1 Å². The highest BCUT2D eigenvalue weighted by molar-refractivity contribution is 6.36. The minimum atomic E-state index is 0.411. The van der Waals surface area contributed by atoms with Crippen LogP contribution in [0.15, 0.2) is 46.9 Å². The van der Waals surface area contributed by atoms with Crippen molar-refractivity contribution < 1.29 is 9.15 Å². The number of hydrogen-bond donors (Lipinski definition) is 0. The van der Waals surface area contributed by atoms with Crippen LogP contribution < -0.4 is 9.64 Å². The average Bonchev–Trinajstić information content (AvgIpc) is 3.17. The molecule has 6 nitrogen and oxygen atoms in total. The summed E-state index contributed by atoms with van der Waals surface area (Å²) in [6.07, 6.45) is 0. The van der Waals surface area contributed by atoms with Gasteiger partial charge in [-0.25, -0.2) is 0 Å². The molecule has 0 aliphatic carbocycles. The zero-order valence-electron chi connectivity index (χ0n) is 15.4. The molecule has 1 aliphatic rings. The Morgan fingerprint density at radius 1 is 1.00 bits per heavy atom. The van der Waals surface area contributed by atoms with Crippen molar-refractivity contribution in [3.63, 3.8) is 0 Å². The molecule has 1 fully saturated rings. The largest absolute Gasteiger partial charge is 0.497 e. The lowest BCUT2D eigenvalue weighted by atomic mass is 10.2. The van der Waals surface area contributed by atoms with E-state index in [-0.39, 0.29) is 0 Å². The van der Waals surface area contributed by atoms with Gasteiger partial charge in [0.15, 0.2) is 0 Å². The van der Waals surface area contributed by atoms with Gasteiger partial charge >= 0.3 is 0 Å². The highest BCUT2D eigenvalue weighted by atomic mass is 35.5. The molecular weight excluding hydrogens is 399 g/mol. The van der Waals surface area contributed by atoms with Gasteiger partial charge in [0.1, 0.15) is 5.75 Å². The summed E-state index contributed by atoms with van der Waals surface area (Å²) in [6.45, 7) is 4.35. The minimum absolute atomic E-state index is 0.411. The maximum Gasteiger partial charge on any atom is 0.249 e. The van der Waals surface area contributed by atoms with Crippen LogP contribution in [0.2, 0.25) is 10.0 Å². The van der Waals surface area contributed by atoms with Crippen LogP contribution in [0.3, 0.4) is 0 Å². The van der Waals surface area contributed by atoms with E-state index in [0.717, 1.165) is 31.9 Å². The first-order valence-electron chi connectivity index (χ1n) is 9.01. The fourth-order valence-corrected chi connectivity index (χ4v) is 3.73. The van der Waals surface area contributed by atoms with Crippen molar-refractivity contribution in [1.82, 2.24) is 15.1 Å². The first-order valence-corrected chi connectivity index (χ1v) is 9.77. The summed E-state index contributed by atoms with van der Waals surface area (Å²) in [5.41, 5.74) is 1.90. The second-order valence-electron chi connectivity index (χ2n) is 6.59. The molecule has 0 spiro atoms. The van der Waals surface area contributed by atoms with Gasteiger partial charge in [0.2, 0.25) is 11.8 Å². The molecule has 0 saturated carbocycles. The lowest BCUT2D eigenvalue weighted by Crippen LogP contribution is -2.46. The summed E-state index contributed by atoms with van der Waals surface area (Å²) in [4.78, 5) is 4.67. The molecule has 1 aromatic heterocycles. The Hall–Kier alpha value is -2.28. The SMILES string of the molecule is COc1ccc(N2CCN(Cc3nnc(-c4ccc(Cl)cc4Cl)o3)CC2)cc1. The smallest absolute Gasteiger partial charge is 0.249 e. The Kier molecular flexibility index (Phi) is 5.71. The highest BCUT2D eigenvalue weighted by Crippen LogP contribution is 2.29. The molecule has 4 rings (SSSR count). The zero-order chi connectivity index (χ0) is 19.5. The van der Waals surface area contributed by atoms with Gasteiger partial charge in [-0.05, 0) is 42.5 Å². The summed E-state index contributed by atoms with van der Waals surface area (Å²) in [6, 6.07) is 13.4. The molecule has 0 N–H and O–H groups in total. The Morgan fingerprint density at radius 2 is 1.75 bits per heavy atom. The van der Waals surface area contributed by atoms with Gasteiger partial charge in [-0.3, -0.25) is 4.90 Å². The number of piperazine rings is 1. The normalized spacial score (nSPS) is 15.0. The van der Waals surface area contributed by atoms with Crippen LogP contribution >= 0.6 is 23.2 Å². The third-order valence-electron chi connectivity index (χ3n) is 4.80. The van der Waals surface area contributed by atoms with E-state index in [4.69, 9.17) is 32.4 Å². The molecule has 28 heavy (non-hydrogen) atoms. The fourth-order valence-electron chi connectivity index (χ4n) is 3.24. The molecule has 0 bridgehead atoms. The van der Waals surface area contributed by atoms with Crippen molar-refractivity contribution in [2.75, 3.05) is 38.2 Å². The number of aromatic nitrogens is 2. The predicted molar refractivity (Wildman–Crippen MR) is 110 cm³/mol. The molecule has 2 heterocycles. The Bertz CT molecular complexity index is 938. The third kappa shape index (κ3) is 4.24. The number of methoxy groups -OCH3 is 1. The topological polar surface area (TPSA) is 54.6 Å². The lowest BCUT2D eigenvalue weighted by molar-refractivity contribution is 0.227. The van der Waals surface area contributed by atoms with Crippen molar-refractivity contribution in [2.45, 2.75) is 6.54 Å². The summed E-state index contributed by atoms with van der Waals surface area (Å²) in [7, 11) is 1.68. The van der Waals surface area contributed by atoms with Gasteiger partial charge in [-0.2, -0.15) is 0 Å². The van der Waals surface area contributed by atoms with Gasteiger partial charge in [-0.15, -0.1) is 10.2 Å². The van der Waals surface area contributed by atoms with Gasteiger partial charge in [0.05, 0.1) is 24.2 Å². The van der Waals surface area contributed by atoms with Crippen LogP contribution in [0, 0.1) is 0 Å². The van der Waals surface area contributed by atoms with Crippen molar-refractivity contribution in [1.29, 1.82) is 0 Å². The van der Waals surface area contributed by atoms with Crippen molar-refractivity contribution in [3.05, 3.63) is 58.4 Å². The zero-order valence-corrected chi connectivity index (χ0v) is 17.0. The maximum atomic E-state index is 6.22. The van der Waals surface area contributed by atoms with Gasteiger partial charge in [-0.1, -0.05) is 23.2 Å². The van der Waals surface area contributed by atoms with Crippen LogP contribution in [0.25, 0.3) is 11.5 Å². The molecule has 0 amide bonds. The van der Waals surface area contributed by atoms with E-state index in [9.17, 15) is 0 Å². The Balaban J connectivity index is 1.35. The molecule has 2 aromatic carbocycles. The van der Waals surface area contributed by atoms with Crippen LogP contribution in [0.4, 0.5) is 5.69 Å². The number of benzene rings is 2. The average molecular weight is 419 g/mol. The Morgan fingerprint density at radius 3 is 2.43 bits per heavy atom. The highest BCUT2D eigenvalue weighted by Gasteiger charge is 2.20. The lowest BCUT2D eigenvalue weighted by Gasteiger charge is -2.35. The molecule has 0 unspecified atom stereocenters. The maximum absolute atomic E-state index is 6.22. The number of hydrogen-bond acceptors (Lipinski definition) is 6. The first kappa shape index (κ1) is 19.1. The van der Waals surface area contributed by atoms with E-state index >= 15 is 0 Å². The molecule has 0 radical (unpaired) electrons. The summed E-state index contributed by atoms with van der Waals surface area (Å²) in [5.74, 6) is 1.86. The molecule has 1 aliphatic heterocycles. The number of anilines is 1. The van der Waals surface area contributed by atoms with Crippen LogP contribution in [-0.4, -0.2) is 48.4 Å². The van der Waals surface area contributed by atoms with E-state index in [1.807, 2.05) is 12.1 Å². The second-order valence-corrected chi connectivity index (χ2v) is 7.43. The van der Waals surface area contributed by atoms with E-state index in [1.54, 1.807) is 25.3 Å². The standard InChI is InChI=1S/C20H20Cl2N4O2/c1-27-16-5-3-15(4-6-16)26-10-8-25(9-11-26)13-19-23-24-20(28-19)17-7-2-14(21)12-18(17)22/h2-7,12H,8-11,13H2,1H3. The number of ether oxygens (including phenoxy) is 1. The molecular formula is C20H20Cl2N4O2. The fraction of sp³-hybridized carbons (Fsp3) is 0.300. The van der Waals surface area contributed by atoms with E-state index < -0.39 is 0 Å². The van der Waals surface area contributed by atoms with Crippen LogP contribution in [0.5, 0.6) is 5.75 Å². The van der Waals surface area contributed by atoms with E-state index in [2.05, 4.69) is 32.1 Å². The summed E-state index contributed by atoms with van der Waals surface area (Å²) in [5, 5.41) is 9.37. The number of halogens is 2. The number of nitrogens with zero attached hydrogens (tertiary/aromatic N) is 4. The summed E-state index contributed by atoms with van der Waals surface area (Å²) >= 11 is 12.2.